The number of halogens is 2. The fraction of sp³-hybridized carbons (Fsp3) is 0.105. The van der Waals surface area contributed by atoms with Crippen molar-refractivity contribution in [2.24, 2.45) is 0 Å². The van der Waals surface area contributed by atoms with Gasteiger partial charge >= 0.3 is 0 Å². The molecule has 2 aromatic heterocycles. The van der Waals surface area contributed by atoms with Crippen molar-refractivity contribution in [1.29, 1.82) is 0 Å². The molecule has 0 radical (unpaired) electrons. The molecule has 0 bridgehead atoms. The Kier molecular flexibility index (Phi) is 6.72. The van der Waals surface area contributed by atoms with E-state index >= 15 is 0 Å². The molecule has 0 aliphatic carbocycles. The zero-order valence-corrected chi connectivity index (χ0v) is 16.0. The Balaban J connectivity index is 1.56. The van der Waals surface area contributed by atoms with E-state index < -0.39 is 11.7 Å². The highest BCUT2D eigenvalue weighted by Gasteiger charge is 2.17. The molecule has 0 saturated carbocycles. The third-order valence-electron chi connectivity index (χ3n) is 3.66. The van der Waals surface area contributed by atoms with E-state index in [1.165, 1.54) is 6.07 Å². The van der Waals surface area contributed by atoms with Crippen LogP contribution in [-0.4, -0.2) is 22.6 Å². The molecule has 3 rings (SSSR count). The van der Waals surface area contributed by atoms with Gasteiger partial charge in [-0.15, -0.1) is 11.3 Å². The number of carbonyl (C=O) groups excluding carboxylic acids is 2. The average Bonchev–Trinajstić information content (AvgIpc) is 3.14. The largest absolute Gasteiger partial charge is 0.347 e. The minimum Gasteiger partial charge on any atom is -0.347 e. The number of pyridine rings is 1. The van der Waals surface area contributed by atoms with Crippen LogP contribution in [0.15, 0.2) is 65.1 Å². The van der Waals surface area contributed by atoms with E-state index in [0.29, 0.717) is 23.0 Å². The van der Waals surface area contributed by atoms with E-state index in [4.69, 9.17) is 0 Å². The highest BCUT2D eigenvalue weighted by Crippen LogP contribution is 2.31. The topological polar surface area (TPSA) is 71.1 Å². The van der Waals surface area contributed by atoms with Gasteiger partial charge in [0.1, 0.15) is 4.88 Å². The summed E-state index contributed by atoms with van der Waals surface area (Å²) in [4.78, 5) is 28.9. The van der Waals surface area contributed by atoms with Crippen molar-refractivity contribution in [2.75, 3.05) is 5.32 Å². The molecule has 0 saturated heterocycles. The summed E-state index contributed by atoms with van der Waals surface area (Å²) in [5.41, 5.74) is 1.90. The second-order valence-electron chi connectivity index (χ2n) is 5.56. The first-order valence-electron chi connectivity index (χ1n) is 8.14. The number of nitrogens with one attached hydrogen (secondary N) is 2. The molecule has 2 heterocycles. The Morgan fingerprint density at radius 1 is 1.04 bits per heavy atom. The van der Waals surface area contributed by atoms with E-state index in [9.17, 15) is 18.4 Å². The molecule has 28 heavy (non-hydrogen) atoms. The Labute approximate surface area is 168 Å². The maximum Gasteiger partial charge on any atom is 0.288 e. The van der Waals surface area contributed by atoms with Crippen molar-refractivity contribution in [2.45, 2.75) is 17.2 Å². The number of amides is 2. The van der Waals surface area contributed by atoms with Crippen LogP contribution in [0.25, 0.3) is 0 Å². The van der Waals surface area contributed by atoms with Crippen LogP contribution in [0.1, 0.15) is 25.6 Å². The lowest BCUT2D eigenvalue weighted by molar-refractivity contribution is 0.0951. The molecular weight excluding hydrogens is 404 g/mol. The van der Waals surface area contributed by atoms with Gasteiger partial charge in [-0.3, -0.25) is 14.6 Å². The summed E-state index contributed by atoms with van der Waals surface area (Å²) in [6.45, 7) is 0.224. The van der Waals surface area contributed by atoms with Gasteiger partial charge in [-0.05, 0) is 41.3 Å². The smallest absolute Gasteiger partial charge is 0.288 e. The van der Waals surface area contributed by atoms with Crippen LogP contribution in [0, 0.1) is 0 Å². The number of rotatable bonds is 7. The van der Waals surface area contributed by atoms with Crippen LogP contribution in [0.3, 0.4) is 0 Å². The van der Waals surface area contributed by atoms with Crippen molar-refractivity contribution in [3.8, 4) is 0 Å². The number of anilines is 1. The Bertz CT molecular complexity index is 947. The molecule has 0 atom stereocenters. The van der Waals surface area contributed by atoms with Crippen molar-refractivity contribution >= 4 is 40.6 Å². The maximum atomic E-state index is 12.5. The molecule has 3 aromatic rings. The van der Waals surface area contributed by atoms with Gasteiger partial charge in [-0.1, -0.05) is 23.9 Å². The number of carbonyl (C=O) groups is 2. The van der Waals surface area contributed by atoms with E-state index in [1.54, 1.807) is 54.2 Å². The van der Waals surface area contributed by atoms with Crippen LogP contribution in [0.2, 0.25) is 0 Å². The third-order valence-corrected chi connectivity index (χ3v) is 5.47. The molecule has 2 N–H and O–H groups in total. The summed E-state index contributed by atoms with van der Waals surface area (Å²) in [7, 11) is 0. The number of nitrogens with zero attached hydrogens (tertiary/aromatic N) is 1. The number of hydrogen-bond donors (Lipinski definition) is 2. The van der Waals surface area contributed by atoms with Gasteiger partial charge in [0, 0.05) is 35.1 Å². The van der Waals surface area contributed by atoms with E-state index in [1.807, 2.05) is 0 Å². The zero-order valence-electron chi connectivity index (χ0n) is 14.4. The second-order valence-corrected chi connectivity index (χ2v) is 7.51. The number of benzene rings is 1. The minimum atomic E-state index is -2.58. The summed E-state index contributed by atoms with van der Waals surface area (Å²) in [6, 6.07) is 11.6. The third kappa shape index (κ3) is 5.37. The molecule has 1 aromatic carbocycles. The average molecular weight is 419 g/mol. The molecule has 5 nitrogen and oxygen atoms in total. The van der Waals surface area contributed by atoms with Crippen molar-refractivity contribution in [3.63, 3.8) is 0 Å². The zero-order chi connectivity index (χ0) is 19.9. The van der Waals surface area contributed by atoms with Gasteiger partial charge < -0.3 is 10.6 Å². The SMILES string of the molecule is O=C(Nc1ccncc1)c1ccc(CNC(=O)c2sccc2SC(F)F)cc1. The number of thiophene rings is 1. The summed E-state index contributed by atoms with van der Waals surface area (Å²) < 4.78 is 25.1. The van der Waals surface area contributed by atoms with Gasteiger partial charge in [0.05, 0.1) is 0 Å². The van der Waals surface area contributed by atoms with Crippen LogP contribution in [0.5, 0.6) is 0 Å². The van der Waals surface area contributed by atoms with Crippen LogP contribution in [-0.2, 0) is 6.54 Å². The van der Waals surface area contributed by atoms with E-state index in [-0.39, 0.29) is 22.2 Å². The Morgan fingerprint density at radius 2 is 1.75 bits per heavy atom. The lowest BCUT2D eigenvalue weighted by Crippen LogP contribution is -2.22. The van der Waals surface area contributed by atoms with Gasteiger partial charge in [-0.25, -0.2) is 0 Å². The van der Waals surface area contributed by atoms with Gasteiger partial charge in [0.25, 0.3) is 17.6 Å². The molecule has 0 fully saturated rings. The van der Waals surface area contributed by atoms with E-state index in [2.05, 4.69) is 15.6 Å². The first-order valence-corrected chi connectivity index (χ1v) is 9.89. The molecule has 0 aliphatic rings. The molecular formula is C19H15F2N3O2S2. The summed E-state index contributed by atoms with van der Waals surface area (Å²) in [5, 5.41) is 7.07. The molecule has 0 aliphatic heterocycles. The fourth-order valence-corrected chi connectivity index (χ4v) is 3.94. The molecule has 9 heteroatoms. The van der Waals surface area contributed by atoms with Gasteiger partial charge in [-0.2, -0.15) is 8.78 Å². The van der Waals surface area contributed by atoms with E-state index in [0.717, 1.165) is 16.9 Å². The first-order chi connectivity index (χ1) is 13.5. The van der Waals surface area contributed by atoms with Crippen molar-refractivity contribution < 1.29 is 18.4 Å². The minimum absolute atomic E-state index is 0.224. The highest BCUT2D eigenvalue weighted by molar-refractivity contribution is 7.99. The normalized spacial score (nSPS) is 10.7. The van der Waals surface area contributed by atoms with Crippen molar-refractivity contribution in [3.05, 3.63) is 76.2 Å². The lowest BCUT2D eigenvalue weighted by Gasteiger charge is -2.08. The first kappa shape index (κ1) is 20.0. The fourth-order valence-electron chi connectivity index (χ4n) is 2.33. The molecule has 0 unspecified atom stereocenters. The standard InChI is InChI=1S/C19H15F2N3O2S2/c20-19(21)28-15-7-10-27-16(15)18(26)23-11-12-1-3-13(4-2-12)17(25)24-14-5-8-22-9-6-14/h1-10,19H,11H2,(H,23,26)(H,22,24,25). The summed E-state index contributed by atoms with van der Waals surface area (Å²) in [5.74, 6) is -3.24. The lowest BCUT2D eigenvalue weighted by atomic mass is 10.1. The predicted octanol–water partition coefficient (Wildman–Crippen LogP) is 4.64. The summed E-state index contributed by atoms with van der Waals surface area (Å²) in [6.07, 6.45) is 3.17. The quantitative estimate of drug-likeness (QED) is 0.548. The molecule has 0 spiro atoms. The maximum absolute atomic E-state index is 12.5. The highest BCUT2D eigenvalue weighted by atomic mass is 32.2. The molecule has 2 amide bonds. The molecule has 144 valence electrons. The Morgan fingerprint density at radius 3 is 2.43 bits per heavy atom. The van der Waals surface area contributed by atoms with Crippen molar-refractivity contribution in [1.82, 2.24) is 10.3 Å². The number of aromatic nitrogens is 1. The number of hydrogen-bond acceptors (Lipinski definition) is 5. The van der Waals surface area contributed by atoms with Crippen LogP contribution < -0.4 is 10.6 Å². The van der Waals surface area contributed by atoms with Crippen LogP contribution in [0.4, 0.5) is 14.5 Å². The number of thioether (sulfide) groups is 1. The predicted molar refractivity (Wildman–Crippen MR) is 106 cm³/mol. The van der Waals surface area contributed by atoms with Crippen LogP contribution >= 0.6 is 23.1 Å². The monoisotopic (exact) mass is 419 g/mol. The second kappa shape index (κ2) is 9.43. The van der Waals surface area contributed by atoms with Gasteiger partial charge in [0.2, 0.25) is 0 Å². The number of alkyl halides is 2. The van der Waals surface area contributed by atoms with Gasteiger partial charge in [0.15, 0.2) is 0 Å². The summed E-state index contributed by atoms with van der Waals surface area (Å²) >= 11 is 1.47. The Hall–Kier alpha value is -2.78.